The van der Waals surface area contributed by atoms with Crippen LogP contribution < -0.4 is 5.56 Å². The third kappa shape index (κ3) is 1.69. The molecule has 2 nitrogen and oxygen atoms in total. The molecule has 0 amide bonds. The Morgan fingerprint density at radius 2 is 2.00 bits per heavy atom. The molecule has 84 valence electrons. The lowest BCUT2D eigenvalue weighted by molar-refractivity contribution is 0.868. The monoisotopic (exact) mass is 279 g/mol. The van der Waals surface area contributed by atoms with Crippen LogP contribution in [0.1, 0.15) is 18.9 Å². The Morgan fingerprint density at radius 3 is 2.69 bits per heavy atom. The predicted octanol–water partition coefficient (Wildman–Crippen LogP) is 3.25. The van der Waals surface area contributed by atoms with Gasteiger partial charge in [-0.1, -0.05) is 31.5 Å². The minimum Gasteiger partial charge on any atom is -0.310 e. The molecule has 0 aliphatic heterocycles. The third-order valence-electron chi connectivity index (χ3n) is 2.85. The molecular formula is C13H14BrNO. The normalized spacial score (nSPS) is 10.9. The van der Waals surface area contributed by atoms with E-state index < -0.39 is 0 Å². The Morgan fingerprint density at radius 1 is 1.31 bits per heavy atom. The molecule has 0 aliphatic rings. The summed E-state index contributed by atoms with van der Waals surface area (Å²) in [6.45, 7) is 2.12. The first kappa shape index (κ1) is 11.4. The molecule has 0 radical (unpaired) electrons. The maximum absolute atomic E-state index is 12.0. The molecular weight excluding hydrogens is 266 g/mol. The first-order chi connectivity index (χ1) is 7.66. The Balaban J connectivity index is 2.92. The zero-order chi connectivity index (χ0) is 11.7. The van der Waals surface area contributed by atoms with Crippen molar-refractivity contribution in [2.45, 2.75) is 19.8 Å². The summed E-state index contributed by atoms with van der Waals surface area (Å²) in [4.78, 5) is 12.0. The van der Waals surface area contributed by atoms with Crippen LogP contribution in [0, 0.1) is 0 Å². The van der Waals surface area contributed by atoms with E-state index >= 15 is 0 Å². The van der Waals surface area contributed by atoms with Gasteiger partial charge in [0.05, 0.1) is 9.99 Å². The van der Waals surface area contributed by atoms with E-state index in [4.69, 9.17) is 0 Å². The lowest BCUT2D eigenvalue weighted by Crippen LogP contribution is -2.19. The van der Waals surface area contributed by atoms with Gasteiger partial charge in [-0.3, -0.25) is 4.79 Å². The molecule has 0 bridgehead atoms. The summed E-state index contributed by atoms with van der Waals surface area (Å²) in [7, 11) is 1.81. The van der Waals surface area contributed by atoms with Crippen LogP contribution in [0.2, 0.25) is 0 Å². The van der Waals surface area contributed by atoms with E-state index in [1.165, 1.54) is 5.39 Å². The summed E-state index contributed by atoms with van der Waals surface area (Å²) in [6, 6.07) is 8.04. The molecule has 1 aromatic heterocycles. The second-order valence-electron chi connectivity index (χ2n) is 3.92. The maximum Gasteiger partial charge on any atom is 0.265 e. The SMILES string of the molecule is CCCc1c(Br)c(=O)n(C)c2ccccc12. The van der Waals surface area contributed by atoms with E-state index in [0.29, 0.717) is 4.47 Å². The fraction of sp³-hybridized carbons (Fsp3) is 0.308. The highest BCUT2D eigenvalue weighted by molar-refractivity contribution is 9.10. The van der Waals surface area contributed by atoms with Gasteiger partial charge in [0.1, 0.15) is 0 Å². The first-order valence-corrected chi connectivity index (χ1v) is 6.22. The number of aromatic nitrogens is 1. The summed E-state index contributed by atoms with van der Waals surface area (Å²) >= 11 is 3.42. The van der Waals surface area contributed by atoms with E-state index in [1.807, 2.05) is 25.2 Å². The number of rotatable bonds is 2. The molecule has 0 fully saturated rings. The average Bonchev–Trinajstić information content (AvgIpc) is 2.32. The molecule has 3 heteroatoms. The molecule has 16 heavy (non-hydrogen) atoms. The van der Waals surface area contributed by atoms with Gasteiger partial charge < -0.3 is 4.57 Å². The zero-order valence-electron chi connectivity index (χ0n) is 9.46. The summed E-state index contributed by atoms with van der Waals surface area (Å²) in [5, 5.41) is 1.17. The molecule has 0 N–H and O–H groups in total. The smallest absolute Gasteiger partial charge is 0.265 e. The Kier molecular flexibility index (Phi) is 3.15. The second kappa shape index (κ2) is 4.42. The third-order valence-corrected chi connectivity index (χ3v) is 3.67. The highest BCUT2D eigenvalue weighted by atomic mass is 79.9. The summed E-state index contributed by atoms with van der Waals surface area (Å²) in [5.41, 5.74) is 2.17. The number of para-hydroxylation sites is 1. The van der Waals surface area contributed by atoms with E-state index in [1.54, 1.807) is 4.57 Å². The van der Waals surface area contributed by atoms with Crippen molar-refractivity contribution in [3.63, 3.8) is 0 Å². The van der Waals surface area contributed by atoms with Gasteiger partial charge in [-0.2, -0.15) is 0 Å². The fourth-order valence-electron chi connectivity index (χ4n) is 2.02. The second-order valence-corrected chi connectivity index (χ2v) is 4.72. The molecule has 0 spiro atoms. The van der Waals surface area contributed by atoms with E-state index in [9.17, 15) is 4.79 Å². The van der Waals surface area contributed by atoms with Crippen molar-refractivity contribution in [3.8, 4) is 0 Å². The van der Waals surface area contributed by atoms with Gasteiger partial charge in [0.25, 0.3) is 5.56 Å². The molecule has 0 aliphatic carbocycles. The van der Waals surface area contributed by atoms with Gasteiger partial charge >= 0.3 is 0 Å². The molecule has 0 saturated carbocycles. The Hall–Kier alpha value is -1.09. The lowest BCUT2D eigenvalue weighted by atomic mass is 10.0. The van der Waals surface area contributed by atoms with Gasteiger partial charge in [0.2, 0.25) is 0 Å². The van der Waals surface area contributed by atoms with Gasteiger partial charge in [0, 0.05) is 12.4 Å². The van der Waals surface area contributed by atoms with Gasteiger partial charge in [0.15, 0.2) is 0 Å². The number of aryl methyl sites for hydroxylation is 2. The predicted molar refractivity (Wildman–Crippen MR) is 70.9 cm³/mol. The van der Waals surface area contributed by atoms with Crippen molar-refractivity contribution < 1.29 is 0 Å². The van der Waals surface area contributed by atoms with Crippen LogP contribution in [0.5, 0.6) is 0 Å². The van der Waals surface area contributed by atoms with E-state index in [0.717, 1.165) is 23.9 Å². The van der Waals surface area contributed by atoms with Crippen molar-refractivity contribution in [1.82, 2.24) is 4.57 Å². The standard InChI is InChI=1S/C13H14BrNO/c1-3-6-10-9-7-4-5-8-11(9)15(2)13(16)12(10)14/h4-5,7-8H,3,6H2,1-2H3. The number of fused-ring (bicyclic) bond motifs is 1. The summed E-state index contributed by atoms with van der Waals surface area (Å²) in [5.74, 6) is 0. The van der Waals surface area contributed by atoms with Crippen molar-refractivity contribution >= 4 is 26.8 Å². The quantitative estimate of drug-likeness (QED) is 0.827. The van der Waals surface area contributed by atoms with Crippen molar-refractivity contribution in [2.24, 2.45) is 7.05 Å². The fourth-order valence-corrected chi connectivity index (χ4v) is 2.70. The maximum atomic E-state index is 12.0. The minimum absolute atomic E-state index is 0.0437. The van der Waals surface area contributed by atoms with Crippen LogP contribution in [-0.4, -0.2) is 4.57 Å². The molecule has 0 atom stereocenters. The largest absolute Gasteiger partial charge is 0.310 e. The number of nitrogens with zero attached hydrogens (tertiary/aromatic N) is 1. The van der Waals surface area contributed by atoms with E-state index in [2.05, 4.69) is 28.9 Å². The number of hydrogen-bond acceptors (Lipinski definition) is 1. The number of hydrogen-bond donors (Lipinski definition) is 0. The highest BCUT2D eigenvalue weighted by Gasteiger charge is 2.11. The Bertz CT molecular complexity index is 586. The average molecular weight is 280 g/mol. The highest BCUT2D eigenvalue weighted by Crippen LogP contribution is 2.24. The Labute approximate surface area is 103 Å². The minimum atomic E-state index is 0.0437. The summed E-state index contributed by atoms with van der Waals surface area (Å²) in [6.07, 6.45) is 1.97. The van der Waals surface area contributed by atoms with Crippen LogP contribution in [-0.2, 0) is 13.5 Å². The van der Waals surface area contributed by atoms with Crippen LogP contribution >= 0.6 is 15.9 Å². The van der Waals surface area contributed by atoms with Crippen LogP contribution in [0.3, 0.4) is 0 Å². The summed E-state index contributed by atoms with van der Waals surface area (Å²) < 4.78 is 2.40. The van der Waals surface area contributed by atoms with Crippen LogP contribution in [0.15, 0.2) is 33.5 Å². The zero-order valence-corrected chi connectivity index (χ0v) is 11.0. The first-order valence-electron chi connectivity index (χ1n) is 5.43. The lowest BCUT2D eigenvalue weighted by Gasteiger charge is -2.11. The molecule has 1 aromatic carbocycles. The molecule has 2 aromatic rings. The van der Waals surface area contributed by atoms with Crippen LogP contribution in [0.4, 0.5) is 0 Å². The van der Waals surface area contributed by atoms with Crippen LogP contribution in [0.25, 0.3) is 10.9 Å². The van der Waals surface area contributed by atoms with E-state index in [-0.39, 0.29) is 5.56 Å². The van der Waals surface area contributed by atoms with Crippen molar-refractivity contribution in [2.75, 3.05) is 0 Å². The van der Waals surface area contributed by atoms with Crippen molar-refractivity contribution in [1.29, 1.82) is 0 Å². The van der Waals surface area contributed by atoms with Gasteiger partial charge in [-0.25, -0.2) is 0 Å². The molecule has 1 heterocycles. The molecule has 0 saturated heterocycles. The van der Waals surface area contributed by atoms with Gasteiger partial charge in [-0.15, -0.1) is 0 Å². The molecule has 0 unspecified atom stereocenters. The van der Waals surface area contributed by atoms with Gasteiger partial charge in [-0.05, 0) is 34.0 Å². The topological polar surface area (TPSA) is 22.0 Å². The molecule has 2 rings (SSSR count). The number of benzene rings is 1. The van der Waals surface area contributed by atoms with Crippen molar-refractivity contribution in [3.05, 3.63) is 44.7 Å². The number of halogens is 1. The number of pyridine rings is 1.